The first-order valence-corrected chi connectivity index (χ1v) is 21.0. The predicted octanol–water partition coefficient (Wildman–Crippen LogP) is 16.3. The molecule has 0 N–H and O–H groups in total. The van der Waals surface area contributed by atoms with Gasteiger partial charge in [0, 0.05) is 28.9 Å². The molecule has 2 aromatic rings. The monoisotopic (exact) mass is 709 g/mol. The van der Waals surface area contributed by atoms with E-state index in [0.717, 1.165) is 42.1 Å². The number of aromatic nitrogens is 1. The molecule has 0 unspecified atom stereocenters. The summed E-state index contributed by atoms with van der Waals surface area (Å²) < 4.78 is 0. The highest BCUT2D eigenvalue weighted by atomic mass is 16.1. The SMILES string of the molecule is CC.CC.CCC(C)C.CCCCCC(CCC)(CCC)/C(C)=C/N=C(C)CCC.CCCc1ccc(C(C)=O)cc1.Cc1ccc(C)c(C)n1. The Kier molecular flexibility index (Phi) is 40.3. The van der Waals surface area contributed by atoms with Gasteiger partial charge < -0.3 is 0 Å². The topological polar surface area (TPSA) is 42.3 Å². The van der Waals surface area contributed by atoms with Gasteiger partial charge in [0.05, 0.1) is 0 Å². The molecule has 1 heterocycles. The van der Waals surface area contributed by atoms with E-state index in [0.29, 0.717) is 5.41 Å². The average Bonchev–Trinajstić information content (AvgIpc) is 3.12. The standard InChI is InChI=1S/C20H39N.C11H14O.C8H11N.C5H12.2C2H6/c1-7-11-12-16-20(14-9-3,15-10-4)18(5)17-21-19(6)13-8-2;1-3-4-10-5-7-11(8-6-10)9(2)12;1-6-4-5-7(2)9-8(6)3;1-4-5(2)3;2*1-2/h17H,7-16H2,1-6H3;5-8H,3-4H2,1-2H3;4-5H,1-3H3;5H,4H2,1-3H3;2*1-2H3/b18-17+,21-19?;;;;;. The molecule has 2 rings (SSSR count). The molecule has 3 nitrogen and oxygen atoms in total. The Morgan fingerprint density at radius 1 is 0.725 bits per heavy atom. The minimum absolute atomic E-state index is 0.137. The zero-order chi connectivity index (χ0) is 40.3. The summed E-state index contributed by atoms with van der Waals surface area (Å²) in [5, 5.41) is 0. The number of pyridine rings is 1. The maximum Gasteiger partial charge on any atom is 0.159 e. The second-order valence-corrected chi connectivity index (χ2v) is 13.8. The second kappa shape index (κ2) is 37.2. The highest BCUT2D eigenvalue weighted by Crippen LogP contribution is 2.42. The van der Waals surface area contributed by atoms with Crippen molar-refractivity contribution in [2.45, 2.75) is 208 Å². The number of allylic oxidation sites excluding steroid dienone is 1. The van der Waals surface area contributed by atoms with Gasteiger partial charge >= 0.3 is 0 Å². The van der Waals surface area contributed by atoms with Crippen LogP contribution >= 0.6 is 0 Å². The van der Waals surface area contributed by atoms with Crippen molar-refractivity contribution >= 4 is 11.5 Å². The van der Waals surface area contributed by atoms with Crippen LogP contribution in [0.25, 0.3) is 0 Å². The van der Waals surface area contributed by atoms with Crippen LogP contribution in [0.2, 0.25) is 0 Å². The van der Waals surface area contributed by atoms with E-state index in [-0.39, 0.29) is 5.78 Å². The van der Waals surface area contributed by atoms with Crippen molar-refractivity contribution in [3.63, 3.8) is 0 Å². The maximum absolute atomic E-state index is 10.9. The van der Waals surface area contributed by atoms with E-state index >= 15 is 0 Å². The number of aliphatic imine (C=N–C) groups is 1. The lowest BCUT2D eigenvalue weighted by molar-refractivity contribution is 0.101. The molecule has 0 radical (unpaired) electrons. The number of hydrogen-bond donors (Lipinski definition) is 0. The fourth-order valence-corrected chi connectivity index (χ4v) is 5.36. The molecule has 0 aliphatic heterocycles. The predicted molar refractivity (Wildman–Crippen MR) is 235 cm³/mol. The number of hydrogen-bond acceptors (Lipinski definition) is 3. The molecule has 51 heavy (non-hydrogen) atoms. The third-order valence-electron chi connectivity index (χ3n) is 8.85. The minimum atomic E-state index is 0.137. The summed E-state index contributed by atoms with van der Waals surface area (Å²) in [7, 11) is 0. The van der Waals surface area contributed by atoms with E-state index in [4.69, 9.17) is 4.99 Å². The van der Waals surface area contributed by atoms with Crippen LogP contribution in [0.3, 0.4) is 0 Å². The molecular weight excluding hydrogens is 621 g/mol. The Morgan fingerprint density at radius 2 is 1.25 bits per heavy atom. The van der Waals surface area contributed by atoms with Crippen LogP contribution in [-0.2, 0) is 6.42 Å². The Labute approximate surface area is 321 Å². The van der Waals surface area contributed by atoms with Gasteiger partial charge in [-0.25, -0.2) is 0 Å². The molecule has 296 valence electrons. The van der Waals surface area contributed by atoms with Gasteiger partial charge in [-0.2, -0.15) is 0 Å². The first-order chi connectivity index (χ1) is 24.3. The first kappa shape index (κ1) is 55.2. The summed E-state index contributed by atoms with van der Waals surface area (Å²) in [4.78, 5) is 19.9. The Morgan fingerprint density at radius 3 is 1.63 bits per heavy atom. The van der Waals surface area contributed by atoms with Crippen LogP contribution in [0.4, 0.5) is 0 Å². The van der Waals surface area contributed by atoms with Crippen LogP contribution in [-0.4, -0.2) is 16.5 Å². The highest BCUT2D eigenvalue weighted by molar-refractivity contribution is 5.94. The van der Waals surface area contributed by atoms with Crippen LogP contribution < -0.4 is 0 Å². The molecular formula is C48H88N2O. The van der Waals surface area contributed by atoms with E-state index in [1.807, 2.05) is 71.9 Å². The lowest BCUT2D eigenvalue weighted by Gasteiger charge is -2.35. The van der Waals surface area contributed by atoms with Crippen LogP contribution in [0.1, 0.15) is 214 Å². The Hall–Kier alpha value is -2.55. The number of unbranched alkanes of at least 4 members (excludes halogenated alkanes) is 2. The molecule has 0 amide bonds. The first-order valence-electron chi connectivity index (χ1n) is 21.0. The van der Waals surface area contributed by atoms with Gasteiger partial charge in [-0.05, 0) is 108 Å². The quantitative estimate of drug-likeness (QED) is 0.0989. The van der Waals surface area contributed by atoms with Crippen molar-refractivity contribution in [2.75, 3.05) is 0 Å². The number of Topliss-reactive ketones (excluding diaryl/α,β-unsaturated/α-hetero) is 1. The van der Waals surface area contributed by atoms with Crippen molar-refractivity contribution in [1.82, 2.24) is 4.98 Å². The number of carbonyl (C=O) groups is 1. The third kappa shape index (κ3) is 29.7. The summed E-state index contributed by atoms with van der Waals surface area (Å²) in [6.45, 7) is 38.1. The number of nitrogens with zero attached hydrogens (tertiary/aromatic N) is 2. The minimum Gasteiger partial charge on any atom is -0.295 e. The maximum atomic E-state index is 10.9. The van der Waals surface area contributed by atoms with Crippen molar-refractivity contribution in [3.8, 4) is 0 Å². The van der Waals surface area contributed by atoms with Gasteiger partial charge in [0.15, 0.2) is 5.78 Å². The number of aryl methyl sites for hydroxylation is 4. The van der Waals surface area contributed by atoms with Gasteiger partial charge in [-0.3, -0.25) is 14.8 Å². The van der Waals surface area contributed by atoms with Gasteiger partial charge in [-0.15, -0.1) is 0 Å². The Balaban J connectivity index is -0.000000309. The molecule has 0 fully saturated rings. The lowest BCUT2D eigenvalue weighted by Crippen LogP contribution is -2.22. The summed E-state index contributed by atoms with van der Waals surface area (Å²) in [6.07, 6.45) is 18.6. The third-order valence-corrected chi connectivity index (χ3v) is 8.85. The molecule has 0 aliphatic rings. The van der Waals surface area contributed by atoms with E-state index in [1.54, 1.807) is 6.92 Å². The summed E-state index contributed by atoms with van der Waals surface area (Å²) >= 11 is 0. The molecule has 0 saturated heterocycles. The highest BCUT2D eigenvalue weighted by Gasteiger charge is 2.29. The Bertz CT molecular complexity index is 1120. The number of carbonyl (C=O) groups excluding carboxylic acids is 1. The molecule has 3 heteroatoms. The van der Waals surface area contributed by atoms with Gasteiger partial charge in [0.1, 0.15) is 0 Å². The van der Waals surface area contributed by atoms with E-state index in [1.165, 1.54) is 86.6 Å². The largest absolute Gasteiger partial charge is 0.295 e. The molecule has 1 aromatic carbocycles. The van der Waals surface area contributed by atoms with Gasteiger partial charge in [0.25, 0.3) is 0 Å². The summed E-state index contributed by atoms with van der Waals surface area (Å²) in [5.74, 6) is 1.02. The van der Waals surface area contributed by atoms with Crippen LogP contribution in [0, 0.1) is 32.1 Å². The number of rotatable bonds is 16. The van der Waals surface area contributed by atoms with Crippen molar-refractivity contribution in [2.24, 2.45) is 16.3 Å². The van der Waals surface area contributed by atoms with E-state index in [2.05, 4.69) is 93.4 Å². The molecule has 0 bridgehead atoms. The fourth-order valence-electron chi connectivity index (χ4n) is 5.36. The molecule has 0 aliphatic carbocycles. The number of ketones is 1. The smallest absolute Gasteiger partial charge is 0.159 e. The number of benzene rings is 1. The fraction of sp³-hybridized carbons (Fsp3) is 0.688. The van der Waals surface area contributed by atoms with Gasteiger partial charge in [0.2, 0.25) is 0 Å². The van der Waals surface area contributed by atoms with Crippen molar-refractivity contribution in [3.05, 3.63) is 76.2 Å². The van der Waals surface area contributed by atoms with Crippen molar-refractivity contribution < 1.29 is 4.79 Å². The summed E-state index contributed by atoms with van der Waals surface area (Å²) in [6, 6.07) is 12.0. The normalized spacial score (nSPS) is 10.9. The van der Waals surface area contributed by atoms with Gasteiger partial charge in [-0.1, -0.05) is 165 Å². The summed E-state index contributed by atoms with van der Waals surface area (Å²) in [5.41, 5.74) is 8.78. The lowest BCUT2D eigenvalue weighted by atomic mass is 9.70. The van der Waals surface area contributed by atoms with E-state index in [9.17, 15) is 4.79 Å². The molecule has 0 spiro atoms. The average molecular weight is 709 g/mol. The molecule has 1 aromatic heterocycles. The zero-order valence-corrected chi connectivity index (χ0v) is 37.6. The van der Waals surface area contributed by atoms with E-state index < -0.39 is 0 Å². The van der Waals surface area contributed by atoms with Crippen molar-refractivity contribution in [1.29, 1.82) is 0 Å². The van der Waals surface area contributed by atoms with Crippen LogP contribution in [0.15, 0.2) is 53.2 Å². The molecule has 0 saturated carbocycles. The molecule has 0 atom stereocenters. The second-order valence-electron chi connectivity index (χ2n) is 13.8. The van der Waals surface area contributed by atoms with Crippen LogP contribution in [0.5, 0.6) is 0 Å². The zero-order valence-electron chi connectivity index (χ0n) is 37.6.